The molecule has 0 fully saturated rings. The van der Waals surface area contributed by atoms with Crippen LogP contribution in [0.2, 0.25) is 0 Å². The van der Waals surface area contributed by atoms with Gasteiger partial charge in [0.2, 0.25) is 0 Å². The van der Waals surface area contributed by atoms with Gasteiger partial charge in [-0.15, -0.1) is 0 Å². The van der Waals surface area contributed by atoms with E-state index < -0.39 is 6.10 Å². The summed E-state index contributed by atoms with van der Waals surface area (Å²) in [5, 5.41) is 2.82. The second-order valence-corrected chi connectivity index (χ2v) is 6.59. The van der Waals surface area contributed by atoms with Crippen LogP contribution in [0.25, 0.3) is 0 Å². The van der Waals surface area contributed by atoms with E-state index in [-0.39, 0.29) is 5.91 Å². The smallest absolute Gasteiger partial charge is 0.260 e. The van der Waals surface area contributed by atoms with Gasteiger partial charge in [-0.05, 0) is 68.3 Å². The first-order valence-electron chi connectivity index (χ1n) is 7.85. The van der Waals surface area contributed by atoms with E-state index in [9.17, 15) is 4.79 Å². The van der Waals surface area contributed by atoms with Crippen LogP contribution >= 0.6 is 15.9 Å². The molecule has 0 heterocycles. The molecule has 0 aliphatic rings. The van der Waals surface area contributed by atoms with Gasteiger partial charge < -0.3 is 14.8 Å². The molecule has 5 heteroatoms. The SMILES string of the molecule is Cc1cc(C)cc(OCCNC(=O)[C@H](C)Oc2ccc(Br)cc2)c1. The van der Waals surface area contributed by atoms with Crippen molar-refractivity contribution in [1.82, 2.24) is 5.32 Å². The predicted molar refractivity (Wildman–Crippen MR) is 98.7 cm³/mol. The molecule has 0 aliphatic carbocycles. The number of carbonyl (C=O) groups excluding carboxylic acids is 1. The average Bonchev–Trinajstić information content (AvgIpc) is 2.52. The lowest BCUT2D eigenvalue weighted by Gasteiger charge is -2.15. The Hall–Kier alpha value is -2.01. The quantitative estimate of drug-likeness (QED) is 0.724. The summed E-state index contributed by atoms with van der Waals surface area (Å²) in [4.78, 5) is 12.0. The number of rotatable bonds is 7. The van der Waals surface area contributed by atoms with Crippen molar-refractivity contribution in [3.63, 3.8) is 0 Å². The maximum absolute atomic E-state index is 12.0. The molecule has 1 N–H and O–H groups in total. The lowest BCUT2D eigenvalue weighted by atomic mass is 10.1. The summed E-state index contributed by atoms with van der Waals surface area (Å²) in [5.74, 6) is 1.31. The normalized spacial score (nSPS) is 11.7. The van der Waals surface area contributed by atoms with Gasteiger partial charge in [0.15, 0.2) is 6.10 Å². The number of aryl methyl sites for hydroxylation is 2. The summed E-state index contributed by atoms with van der Waals surface area (Å²) in [5.41, 5.74) is 2.32. The van der Waals surface area contributed by atoms with Crippen LogP contribution in [-0.4, -0.2) is 25.2 Å². The monoisotopic (exact) mass is 391 g/mol. The number of hydrogen-bond acceptors (Lipinski definition) is 3. The van der Waals surface area contributed by atoms with Crippen molar-refractivity contribution < 1.29 is 14.3 Å². The zero-order valence-corrected chi connectivity index (χ0v) is 15.7. The molecule has 2 rings (SSSR count). The van der Waals surface area contributed by atoms with Crippen molar-refractivity contribution in [2.45, 2.75) is 26.9 Å². The van der Waals surface area contributed by atoms with Crippen molar-refractivity contribution in [1.29, 1.82) is 0 Å². The van der Waals surface area contributed by atoms with Gasteiger partial charge in [0, 0.05) is 4.47 Å². The molecule has 0 spiro atoms. The van der Waals surface area contributed by atoms with E-state index in [2.05, 4.69) is 27.3 Å². The van der Waals surface area contributed by atoms with Crippen LogP contribution in [0.1, 0.15) is 18.1 Å². The number of halogens is 1. The molecule has 0 saturated carbocycles. The molecule has 0 unspecified atom stereocenters. The van der Waals surface area contributed by atoms with Crippen molar-refractivity contribution in [3.05, 3.63) is 58.1 Å². The second kappa shape index (κ2) is 8.73. The molecule has 1 amide bonds. The Bertz CT molecular complexity index is 665. The minimum absolute atomic E-state index is 0.165. The maximum atomic E-state index is 12.0. The van der Waals surface area contributed by atoms with Crippen LogP contribution in [0, 0.1) is 13.8 Å². The lowest BCUT2D eigenvalue weighted by molar-refractivity contribution is -0.127. The second-order valence-electron chi connectivity index (χ2n) is 5.68. The molecule has 0 saturated heterocycles. The number of ether oxygens (including phenoxy) is 2. The molecule has 0 radical (unpaired) electrons. The topological polar surface area (TPSA) is 47.6 Å². The highest BCUT2D eigenvalue weighted by Crippen LogP contribution is 2.17. The zero-order valence-electron chi connectivity index (χ0n) is 14.1. The summed E-state index contributed by atoms with van der Waals surface area (Å²) in [6, 6.07) is 13.4. The fourth-order valence-electron chi connectivity index (χ4n) is 2.27. The molecule has 1 atom stereocenters. The third-order valence-electron chi connectivity index (χ3n) is 3.36. The van der Waals surface area contributed by atoms with Crippen LogP contribution in [-0.2, 0) is 4.79 Å². The zero-order chi connectivity index (χ0) is 17.5. The first-order valence-corrected chi connectivity index (χ1v) is 8.64. The molecule has 2 aromatic carbocycles. The first kappa shape index (κ1) is 18.3. The standard InChI is InChI=1S/C19H22BrNO3/c1-13-10-14(2)12-18(11-13)23-9-8-21-19(22)15(3)24-17-6-4-16(20)5-7-17/h4-7,10-12,15H,8-9H2,1-3H3,(H,21,22)/t15-/m0/s1. The van der Waals surface area contributed by atoms with Gasteiger partial charge in [0.05, 0.1) is 6.54 Å². The Balaban J connectivity index is 1.73. The molecule has 2 aromatic rings. The van der Waals surface area contributed by atoms with Gasteiger partial charge in [0.1, 0.15) is 18.1 Å². The number of hydrogen-bond donors (Lipinski definition) is 1. The minimum Gasteiger partial charge on any atom is -0.492 e. The number of carbonyl (C=O) groups is 1. The van der Waals surface area contributed by atoms with E-state index in [4.69, 9.17) is 9.47 Å². The Morgan fingerprint density at radius 2 is 1.71 bits per heavy atom. The summed E-state index contributed by atoms with van der Waals surface area (Å²) in [6.45, 7) is 6.63. The Labute approximate surface area is 151 Å². The summed E-state index contributed by atoms with van der Waals surface area (Å²) in [6.07, 6.45) is -0.563. The third-order valence-corrected chi connectivity index (χ3v) is 3.89. The van der Waals surface area contributed by atoms with Gasteiger partial charge in [-0.2, -0.15) is 0 Å². The van der Waals surface area contributed by atoms with Crippen molar-refractivity contribution in [2.75, 3.05) is 13.2 Å². The third kappa shape index (κ3) is 5.89. The van der Waals surface area contributed by atoms with Gasteiger partial charge >= 0.3 is 0 Å². The van der Waals surface area contributed by atoms with Crippen molar-refractivity contribution in [2.24, 2.45) is 0 Å². The van der Waals surface area contributed by atoms with Crippen LogP contribution in [0.4, 0.5) is 0 Å². The Kier molecular flexibility index (Phi) is 6.67. The minimum atomic E-state index is -0.563. The molecular weight excluding hydrogens is 370 g/mol. The highest BCUT2D eigenvalue weighted by atomic mass is 79.9. The van der Waals surface area contributed by atoms with E-state index in [1.54, 1.807) is 6.92 Å². The van der Waals surface area contributed by atoms with Gasteiger partial charge in [0.25, 0.3) is 5.91 Å². The van der Waals surface area contributed by atoms with Crippen LogP contribution in [0.5, 0.6) is 11.5 Å². The molecule has 0 aliphatic heterocycles. The fraction of sp³-hybridized carbons (Fsp3) is 0.316. The number of benzene rings is 2. The van der Waals surface area contributed by atoms with Crippen LogP contribution < -0.4 is 14.8 Å². The fourth-order valence-corrected chi connectivity index (χ4v) is 2.54. The highest BCUT2D eigenvalue weighted by molar-refractivity contribution is 9.10. The number of nitrogens with one attached hydrogen (secondary N) is 1. The van der Waals surface area contributed by atoms with Crippen molar-refractivity contribution in [3.8, 4) is 11.5 Å². The highest BCUT2D eigenvalue weighted by Gasteiger charge is 2.14. The van der Waals surface area contributed by atoms with E-state index in [0.29, 0.717) is 18.9 Å². The molecule has 0 aromatic heterocycles. The molecular formula is C19H22BrNO3. The number of amides is 1. The van der Waals surface area contributed by atoms with E-state index in [1.165, 1.54) is 0 Å². The van der Waals surface area contributed by atoms with Gasteiger partial charge in [-0.25, -0.2) is 0 Å². The van der Waals surface area contributed by atoms with E-state index in [1.807, 2.05) is 50.2 Å². The average molecular weight is 392 g/mol. The lowest BCUT2D eigenvalue weighted by Crippen LogP contribution is -2.38. The Morgan fingerprint density at radius 3 is 2.33 bits per heavy atom. The largest absolute Gasteiger partial charge is 0.492 e. The maximum Gasteiger partial charge on any atom is 0.260 e. The molecule has 0 bridgehead atoms. The van der Waals surface area contributed by atoms with Gasteiger partial charge in [-0.1, -0.05) is 22.0 Å². The van der Waals surface area contributed by atoms with Crippen LogP contribution in [0.15, 0.2) is 46.9 Å². The van der Waals surface area contributed by atoms with E-state index >= 15 is 0 Å². The Morgan fingerprint density at radius 1 is 1.08 bits per heavy atom. The first-order chi connectivity index (χ1) is 11.4. The predicted octanol–water partition coefficient (Wildman–Crippen LogP) is 4.03. The molecule has 24 heavy (non-hydrogen) atoms. The summed E-state index contributed by atoms with van der Waals surface area (Å²) < 4.78 is 12.2. The van der Waals surface area contributed by atoms with Gasteiger partial charge in [-0.3, -0.25) is 4.79 Å². The summed E-state index contributed by atoms with van der Waals surface area (Å²) in [7, 11) is 0. The van der Waals surface area contributed by atoms with Crippen molar-refractivity contribution >= 4 is 21.8 Å². The summed E-state index contributed by atoms with van der Waals surface area (Å²) >= 11 is 3.36. The molecule has 4 nitrogen and oxygen atoms in total. The molecule has 128 valence electrons. The van der Waals surface area contributed by atoms with E-state index in [0.717, 1.165) is 21.3 Å². The van der Waals surface area contributed by atoms with Crippen LogP contribution in [0.3, 0.4) is 0 Å².